The summed E-state index contributed by atoms with van der Waals surface area (Å²) in [6.45, 7) is 0. The van der Waals surface area contributed by atoms with Gasteiger partial charge in [-0.1, -0.05) is 0 Å². The molecule has 33 valence electrons. The zero-order valence-electron chi connectivity index (χ0n) is 3.47. The van der Waals surface area contributed by atoms with Crippen LogP contribution in [0.3, 0.4) is 0 Å². The van der Waals surface area contributed by atoms with Crippen molar-refractivity contribution in [3.05, 3.63) is 0 Å². The third kappa shape index (κ3) is 23.4. The number of rotatable bonds is 0. The van der Waals surface area contributed by atoms with Crippen LogP contribution in [0.15, 0.2) is 0 Å². The fourth-order valence-corrected chi connectivity index (χ4v) is 0. The predicted octanol–water partition coefficient (Wildman–Crippen LogP) is -3.01. The third-order valence-electron chi connectivity index (χ3n) is 0. The first-order chi connectivity index (χ1) is 1.00. The van der Waals surface area contributed by atoms with E-state index in [1.165, 1.54) is 0 Å². The van der Waals surface area contributed by atoms with E-state index in [1.54, 1.807) is 0 Å². The van der Waals surface area contributed by atoms with Gasteiger partial charge < -0.3 is 1.43 Å². The Morgan fingerprint density at radius 2 is 1.40 bits per heavy atom. The summed E-state index contributed by atoms with van der Waals surface area (Å²) in [7, 11) is 0. The summed E-state index contributed by atoms with van der Waals surface area (Å²) < 4.78 is 8.33. The molecule has 0 aromatic heterocycles. The van der Waals surface area contributed by atoms with E-state index in [1.807, 2.05) is 0 Å². The molecule has 0 heterocycles. The molecule has 1 nitrogen and oxygen atoms in total. The van der Waals surface area contributed by atoms with Gasteiger partial charge in [0.2, 0.25) is 0 Å². The monoisotopic (exact) mass is 325 g/mol. The molecule has 0 spiro atoms. The van der Waals surface area contributed by atoms with Crippen LogP contribution in [0.5, 0.6) is 0 Å². The fourth-order valence-electron chi connectivity index (χ4n) is 0. The van der Waals surface area contributed by atoms with Gasteiger partial charge in [-0.3, -0.25) is 0 Å². The van der Waals surface area contributed by atoms with Gasteiger partial charge in [0.15, 0.2) is 0 Å². The van der Waals surface area contributed by atoms with Crippen LogP contribution in [0.25, 0.3) is 0 Å². The molecule has 0 unspecified atom stereocenters. The molecule has 5 heteroatoms. The van der Waals surface area contributed by atoms with E-state index in [4.69, 9.17) is 3.40 Å². The number of hydrogen-bond donors (Lipinski definition) is 0. The first-order valence-corrected chi connectivity index (χ1v) is 1.36. The molecule has 0 atom stereocenters. The Morgan fingerprint density at radius 1 is 1.40 bits per heavy atom. The van der Waals surface area contributed by atoms with Crippen LogP contribution >= 0.6 is 0 Å². The molecular weight excluding hydrogens is 324 g/mol. The first-order valence-electron chi connectivity index (χ1n) is 0.167. The van der Waals surface area contributed by atoms with Crippen molar-refractivity contribution >= 4 is 0 Å². The first kappa shape index (κ1) is 27.6. The van der Waals surface area contributed by atoms with Crippen molar-refractivity contribution in [2.75, 3.05) is 0 Å². The Balaban J connectivity index is -0.000000000833. The van der Waals surface area contributed by atoms with Crippen molar-refractivity contribution in [1.29, 1.82) is 0 Å². The van der Waals surface area contributed by atoms with Crippen LogP contribution in [-0.2, 0) is 56.4 Å². The molecule has 0 aliphatic rings. The fraction of sp³-hybridized carbons (Fsp3) is 0. The maximum absolute atomic E-state index is 8.33. The Hall–Kier alpha value is 2.09. The molecule has 0 amide bonds. The van der Waals surface area contributed by atoms with Crippen molar-refractivity contribution < 1.29 is 76.7 Å². The van der Waals surface area contributed by atoms with Crippen molar-refractivity contribution in [2.24, 2.45) is 0 Å². The average molecular weight is 325 g/mol. The van der Waals surface area contributed by atoms with Gasteiger partial charge in [-0.15, -0.1) is 0 Å². The maximum atomic E-state index is 8.33. The summed E-state index contributed by atoms with van der Waals surface area (Å²) in [6, 6.07) is 0. The van der Waals surface area contributed by atoms with Crippen LogP contribution in [0.1, 0.15) is 1.43 Å². The van der Waals surface area contributed by atoms with Gasteiger partial charge in [0.1, 0.15) is 0 Å². The van der Waals surface area contributed by atoms with Crippen LogP contribution in [-0.4, -0.2) is 0 Å². The van der Waals surface area contributed by atoms with Crippen molar-refractivity contribution in [1.82, 2.24) is 0 Å². The van der Waals surface area contributed by atoms with Crippen molar-refractivity contribution in [3.63, 3.8) is 0 Å². The quantitative estimate of drug-likeness (QED) is 0.434. The molecule has 0 aliphatic heterocycles. The van der Waals surface area contributed by atoms with E-state index in [2.05, 4.69) is 0 Å². The predicted molar refractivity (Wildman–Crippen MR) is 1.80 cm³/mol. The van der Waals surface area contributed by atoms with E-state index < -0.39 is 0 Å². The second-order valence-corrected chi connectivity index (χ2v) is 0. The molecule has 5 heavy (non-hydrogen) atoms. The summed E-state index contributed by atoms with van der Waals surface area (Å²) >= 11 is 0.333. The summed E-state index contributed by atoms with van der Waals surface area (Å²) in [5, 5.41) is 0. The van der Waals surface area contributed by atoms with Crippen LogP contribution in [0.4, 0.5) is 0 Å². The molecule has 0 aliphatic carbocycles. The van der Waals surface area contributed by atoms with Crippen molar-refractivity contribution in [2.45, 2.75) is 0 Å². The molecule has 0 aromatic carbocycles. The zero-order chi connectivity index (χ0) is 2.00. The second-order valence-electron chi connectivity index (χ2n) is 0. The van der Waals surface area contributed by atoms with Crippen LogP contribution < -0.4 is 18.9 Å². The number of hydrogen-bond acceptors (Lipinski definition) is 1. The molecule has 0 bridgehead atoms. The van der Waals surface area contributed by atoms with E-state index in [0.29, 0.717) is 19.8 Å². The molecule has 0 rings (SSSR count). The topological polar surface area (TPSA) is 17.1 Å². The van der Waals surface area contributed by atoms with E-state index >= 15 is 0 Å². The Bertz CT molecular complexity index is 15.5. The van der Waals surface area contributed by atoms with E-state index in [9.17, 15) is 0 Å². The van der Waals surface area contributed by atoms with Gasteiger partial charge in [-0.05, 0) is 0 Å². The van der Waals surface area contributed by atoms with Gasteiger partial charge in [0, 0.05) is 33.3 Å². The van der Waals surface area contributed by atoms with Crippen LogP contribution in [0.2, 0.25) is 0 Å². The van der Waals surface area contributed by atoms with Gasteiger partial charge in [-0.2, -0.15) is 0 Å². The average Bonchev–Trinajstić information content (AvgIpc) is 1.00. The summed E-state index contributed by atoms with van der Waals surface area (Å²) in [6.07, 6.45) is 0. The normalized spacial score (nSPS) is 0.800. The van der Waals surface area contributed by atoms with E-state index in [-0.39, 0.29) is 53.6 Å². The summed E-state index contributed by atoms with van der Waals surface area (Å²) in [5.74, 6) is 0. The van der Waals surface area contributed by atoms with E-state index in [0.717, 1.165) is 0 Å². The Labute approximate surface area is 76.0 Å². The molecule has 0 saturated carbocycles. The zero-order valence-corrected chi connectivity index (χ0v) is 7.43. The molecule has 0 aromatic rings. The molecular formula is HCoLiNiOW. The van der Waals surface area contributed by atoms with Gasteiger partial charge >= 0.3 is 42.0 Å². The van der Waals surface area contributed by atoms with Crippen LogP contribution in [0, 0.1) is 0 Å². The minimum atomic E-state index is 0. The summed E-state index contributed by atoms with van der Waals surface area (Å²) in [4.78, 5) is 0. The minimum absolute atomic E-state index is 0. The Morgan fingerprint density at radius 3 is 1.40 bits per heavy atom. The summed E-state index contributed by atoms with van der Waals surface area (Å²) in [5.41, 5.74) is 0. The molecule has 0 N–H and O–H groups in total. The second kappa shape index (κ2) is 36.2. The van der Waals surface area contributed by atoms with Gasteiger partial charge in [0.25, 0.3) is 0 Å². The van der Waals surface area contributed by atoms with Gasteiger partial charge in [-0.25, -0.2) is 0 Å². The molecule has 0 saturated heterocycles. The standard InChI is InChI=1S/Co.Li.Ni.O.W.H/q;+1;;;;-1. The molecule has 1 radical (unpaired) electrons. The van der Waals surface area contributed by atoms with Crippen molar-refractivity contribution in [3.8, 4) is 0 Å². The van der Waals surface area contributed by atoms with Gasteiger partial charge in [0.05, 0.1) is 0 Å². The SMILES string of the molecule is [Co].[H-].[Li+].[Ni].[O]=[W]. The molecule has 0 fully saturated rings. The Kier molecular flexibility index (Phi) is 199. The third-order valence-corrected chi connectivity index (χ3v) is 0.